The van der Waals surface area contributed by atoms with Gasteiger partial charge in [-0.25, -0.2) is 0 Å². The molecule has 13 heavy (non-hydrogen) atoms. The number of hydrogen-bond acceptors (Lipinski definition) is 2. The molecule has 0 bridgehead atoms. The van der Waals surface area contributed by atoms with E-state index in [4.69, 9.17) is 4.74 Å². The second-order valence-electron chi connectivity index (χ2n) is 3.21. The van der Waals surface area contributed by atoms with Crippen molar-refractivity contribution in [1.82, 2.24) is 5.32 Å². The number of nitrogens with one attached hydrogen (secondary N) is 1. The largest absolute Gasteiger partial charge is 0.496 e. The number of methoxy groups -OCH3 is 1. The van der Waals surface area contributed by atoms with Gasteiger partial charge in [-0.3, -0.25) is 0 Å². The van der Waals surface area contributed by atoms with Crippen LogP contribution in [-0.2, 0) is 6.42 Å². The highest BCUT2D eigenvalue weighted by Gasteiger charge is 2.04. The molecule has 0 aliphatic rings. The number of rotatable bonds is 4. The standard InChI is InChI=1S/C11H17NO/c1-9(12-2)8-10-6-4-5-7-11(10)13-3/h4-7,9,12H,8H2,1-3H3/i6+1. The van der Waals surface area contributed by atoms with Crippen molar-refractivity contribution in [3.05, 3.63) is 29.8 Å². The van der Waals surface area contributed by atoms with Gasteiger partial charge >= 0.3 is 0 Å². The minimum Gasteiger partial charge on any atom is -0.496 e. The lowest BCUT2D eigenvalue weighted by molar-refractivity contribution is 0.407. The zero-order chi connectivity index (χ0) is 9.68. The maximum atomic E-state index is 5.26. The monoisotopic (exact) mass is 180 g/mol. The van der Waals surface area contributed by atoms with Crippen LogP contribution in [0.2, 0.25) is 0 Å². The van der Waals surface area contributed by atoms with Crippen LogP contribution in [0.1, 0.15) is 12.5 Å². The normalized spacial score (nSPS) is 12.5. The summed E-state index contributed by atoms with van der Waals surface area (Å²) in [7, 11) is 3.68. The van der Waals surface area contributed by atoms with Gasteiger partial charge in [0.1, 0.15) is 5.75 Å². The molecule has 0 heterocycles. The van der Waals surface area contributed by atoms with E-state index in [-0.39, 0.29) is 0 Å². The summed E-state index contributed by atoms with van der Waals surface area (Å²) >= 11 is 0. The Morgan fingerprint density at radius 2 is 2.08 bits per heavy atom. The molecule has 1 aromatic rings. The van der Waals surface area contributed by atoms with E-state index in [0.29, 0.717) is 6.04 Å². The van der Waals surface area contributed by atoms with Crippen LogP contribution in [-0.4, -0.2) is 20.2 Å². The van der Waals surface area contributed by atoms with Gasteiger partial charge in [-0.05, 0) is 32.0 Å². The van der Waals surface area contributed by atoms with E-state index in [9.17, 15) is 0 Å². The predicted molar refractivity (Wildman–Crippen MR) is 55.2 cm³/mol. The van der Waals surface area contributed by atoms with Crippen molar-refractivity contribution in [2.24, 2.45) is 0 Å². The molecule has 0 radical (unpaired) electrons. The second kappa shape index (κ2) is 4.87. The highest BCUT2D eigenvalue weighted by atomic mass is 16.5. The molecule has 0 aromatic heterocycles. The zero-order valence-electron chi connectivity index (χ0n) is 8.50. The lowest BCUT2D eigenvalue weighted by Crippen LogP contribution is -2.23. The van der Waals surface area contributed by atoms with Crippen LogP contribution in [0.25, 0.3) is 0 Å². The molecule has 0 aliphatic carbocycles. The van der Waals surface area contributed by atoms with Crippen molar-refractivity contribution in [3.8, 4) is 5.75 Å². The molecule has 1 N–H and O–H groups in total. The lowest BCUT2D eigenvalue weighted by Gasteiger charge is -2.12. The molecule has 0 saturated carbocycles. The maximum Gasteiger partial charge on any atom is 0.122 e. The number of hydrogen-bond donors (Lipinski definition) is 1. The van der Waals surface area contributed by atoms with Crippen LogP contribution in [0.3, 0.4) is 0 Å². The first-order valence-electron chi connectivity index (χ1n) is 4.57. The van der Waals surface area contributed by atoms with Crippen molar-refractivity contribution in [2.75, 3.05) is 14.2 Å². The van der Waals surface area contributed by atoms with Gasteiger partial charge in [-0.15, -0.1) is 0 Å². The number of likely N-dealkylation sites (N-methyl/N-ethyl adjacent to an activating group) is 1. The topological polar surface area (TPSA) is 21.3 Å². The summed E-state index contributed by atoms with van der Waals surface area (Å²) < 4.78 is 5.26. The third kappa shape index (κ3) is 2.74. The van der Waals surface area contributed by atoms with E-state index in [1.165, 1.54) is 5.56 Å². The van der Waals surface area contributed by atoms with Gasteiger partial charge in [0, 0.05) is 6.04 Å². The van der Waals surface area contributed by atoms with Gasteiger partial charge in [-0.2, -0.15) is 0 Å². The van der Waals surface area contributed by atoms with Crippen LogP contribution in [0, 0.1) is 0 Å². The van der Waals surface area contributed by atoms with Crippen LogP contribution in [0.4, 0.5) is 0 Å². The summed E-state index contributed by atoms with van der Waals surface area (Å²) in [5.41, 5.74) is 1.26. The molecule has 1 rings (SSSR count). The highest BCUT2D eigenvalue weighted by Crippen LogP contribution is 2.18. The molecule has 72 valence electrons. The summed E-state index contributed by atoms with van der Waals surface area (Å²) in [6.45, 7) is 2.16. The van der Waals surface area contributed by atoms with Crippen molar-refractivity contribution in [1.29, 1.82) is 0 Å². The Kier molecular flexibility index (Phi) is 3.77. The van der Waals surface area contributed by atoms with E-state index in [1.807, 2.05) is 25.2 Å². The molecule has 2 nitrogen and oxygen atoms in total. The Balaban J connectivity index is 2.74. The highest BCUT2D eigenvalue weighted by molar-refractivity contribution is 5.33. The second-order valence-corrected chi connectivity index (χ2v) is 3.21. The molecule has 0 amide bonds. The van der Waals surface area contributed by atoms with Gasteiger partial charge in [0.15, 0.2) is 0 Å². The molecular formula is C11H17NO. The zero-order valence-corrected chi connectivity index (χ0v) is 8.50. The Bertz CT molecular complexity index is 260. The van der Waals surface area contributed by atoms with E-state index in [1.54, 1.807) is 7.11 Å². The van der Waals surface area contributed by atoms with E-state index < -0.39 is 0 Å². The van der Waals surface area contributed by atoms with E-state index >= 15 is 0 Å². The molecular weight excluding hydrogens is 163 g/mol. The number of benzene rings is 1. The minimum absolute atomic E-state index is 0.483. The van der Waals surface area contributed by atoms with Crippen molar-refractivity contribution < 1.29 is 4.74 Å². The molecule has 0 aliphatic heterocycles. The quantitative estimate of drug-likeness (QED) is 0.763. The van der Waals surface area contributed by atoms with Crippen LogP contribution in [0.15, 0.2) is 24.3 Å². The molecule has 1 atom stereocenters. The molecule has 1 unspecified atom stereocenters. The Morgan fingerprint density at radius 3 is 2.69 bits per heavy atom. The average Bonchev–Trinajstić information content (AvgIpc) is 2.18. The molecule has 0 saturated heterocycles. The molecule has 1 aromatic carbocycles. The fourth-order valence-electron chi connectivity index (χ4n) is 1.30. The van der Waals surface area contributed by atoms with Gasteiger partial charge in [0.25, 0.3) is 0 Å². The minimum atomic E-state index is 0.483. The predicted octanol–water partition coefficient (Wildman–Crippen LogP) is 1.85. The molecule has 0 fully saturated rings. The summed E-state index contributed by atoms with van der Waals surface area (Å²) in [5.74, 6) is 0.976. The first kappa shape index (κ1) is 10.1. The number of para-hydroxylation sites is 1. The first-order valence-corrected chi connectivity index (χ1v) is 4.57. The Morgan fingerprint density at radius 1 is 1.38 bits per heavy atom. The van der Waals surface area contributed by atoms with Crippen molar-refractivity contribution >= 4 is 0 Å². The first-order chi connectivity index (χ1) is 6.27. The summed E-state index contributed by atoms with van der Waals surface area (Å²) in [6, 6.07) is 8.62. The number of ether oxygens (including phenoxy) is 1. The fraction of sp³-hybridized carbons (Fsp3) is 0.455. The van der Waals surface area contributed by atoms with Crippen molar-refractivity contribution in [3.63, 3.8) is 0 Å². The van der Waals surface area contributed by atoms with Crippen LogP contribution in [0.5, 0.6) is 5.75 Å². The summed E-state index contributed by atoms with van der Waals surface area (Å²) in [6.07, 6.45) is 1.00. The summed E-state index contributed by atoms with van der Waals surface area (Å²) in [5, 5.41) is 3.21. The van der Waals surface area contributed by atoms with Gasteiger partial charge < -0.3 is 10.1 Å². The third-order valence-electron chi connectivity index (χ3n) is 2.21. The van der Waals surface area contributed by atoms with E-state index in [0.717, 1.165) is 12.2 Å². The van der Waals surface area contributed by atoms with E-state index in [2.05, 4.69) is 18.3 Å². The molecule has 0 spiro atoms. The van der Waals surface area contributed by atoms with Crippen LogP contribution < -0.4 is 10.1 Å². The average molecular weight is 180 g/mol. The maximum absolute atomic E-state index is 5.26. The summed E-state index contributed by atoms with van der Waals surface area (Å²) in [4.78, 5) is 0. The Hall–Kier alpha value is -1.02. The lowest BCUT2D eigenvalue weighted by atomic mass is 10.1. The van der Waals surface area contributed by atoms with Gasteiger partial charge in [0.2, 0.25) is 0 Å². The third-order valence-corrected chi connectivity index (χ3v) is 2.21. The Labute approximate surface area is 79.9 Å². The molecule has 2 heteroatoms. The van der Waals surface area contributed by atoms with Gasteiger partial charge in [0.05, 0.1) is 7.11 Å². The van der Waals surface area contributed by atoms with Gasteiger partial charge in [-0.1, -0.05) is 18.2 Å². The van der Waals surface area contributed by atoms with Crippen LogP contribution >= 0.6 is 0 Å². The fourth-order valence-corrected chi connectivity index (χ4v) is 1.30. The smallest absolute Gasteiger partial charge is 0.122 e. The van der Waals surface area contributed by atoms with Crippen molar-refractivity contribution in [2.45, 2.75) is 19.4 Å². The SMILES string of the molecule is CNC(C)Cc1[13cH]cccc1OC.